The Balaban J connectivity index is 1.53. The molecule has 1 aliphatic rings. The zero-order valence-corrected chi connectivity index (χ0v) is 14.5. The Bertz CT molecular complexity index is 1080. The van der Waals surface area contributed by atoms with Crippen molar-refractivity contribution in [1.82, 2.24) is 14.8 Å². The molecule has 0 atom stereocenters. The first-order chi connectivity index (χ1) is 13.0. The predicted molar refractivity (Wildman–Crippen MR) is 96.7 cm³/mol. The van der Waals surface area contributed by atoms with Gasteiger partial charge >= 0.3 is 0 Å². The molecule has 0 unspecified atom stereocenters. The molecule has 1 aromatic carbocycles. The summed E-state index contributed by atoms with van der Waals surface area (Å²) in [4.78, 5) is 29.8. The van der Waals surface area contributed by atoms with Gasteiger partial charge in [0.1, 0.15) is 18.1 Å². The van der Waals surface area contributed by atoms with Crippen LogP contribution in [0.4, 0.5) is 5.82 Å². The van der Waals surface area contributed by atoms with Gasteiger partial charge in [0.2, 0.25) is 0 Å². The zero-order valence-electron chi connectivity index (χ0n) is 14.5. The monoisotopic (exact) mass is 364 g/mol. The molecule has 8 nitrogen and oxygen atoms in total. The number of carbonyl (C=O) groups is 1. The summed E-state index contributed by atoms with van der Waals surface area (Å²) in [5.74, 6) is 0.875. The largest absolute Gasteiger partial charge is 0.506 e. The van der Waals surface area contributed by atoms with Gasteiger partial charge in [-0.2, -0.15) is 5.10 Å². The second-order valence-corrected chi connectivity index (χ2v) is 6.16. The molecule has 0 aliphatic carbocycles. The van der Waals surface area contributed by atoms with E-state index in [1.807, 2.05) is 6.07 Å². The highest BCUT2D eigenvalue weighted by Gasteiger charge is 2.30. The number of ether oxygens (including phenoxy) is 1. The van der Waals surface area contributed by atoms with Crippen molar-refractivity contribution in [3.05, 3.63) is 75.8 Å². The number of nitrogens with zero attached hydrogens (tertiary/aromatic N) is 4. The van der Waals surface area contributed by atoms with E-state index < -0.39 is 0 Å². The molecule has 1 aliphatic heterocycles. The maximum Gasteiger partial charge on any atom is 0.266 e. The van der Waals surface area contributed by atoms with Crippen LogP contribution in [0.5, 0.6) is 11.5 Å². The van der Waals surface area contributed by atoms with Crippen molar-refractivity contribution >= 4 is 11.7 Å². The Morgan fingerprint density at radius 3 is 2.74 bits per heavy atom. The fourth-order valence-corrected chi connectivity index (χ4v) is 2.85. The number of carbonyl (C=O) groups excluding carboxylic acids is 1. The van der Waals surface area contributed by atoms with Gasteiger partial charge < -0.3 is 9.84 Å². The first kappa shape index (κ1) is 16.8. The van der Waals surface area contributed by atoms with Crippen LogP contribution < -0.4 is 15.2 Å². The van der Waals surface area contributed by atoms with Gasteiger partial charge in [-0.25, -0.2) is 4.68 Å². The van der Waals surface area contributed by atoms with Crippen LogP contribution in [0, 0.1) is 0 Å². The van der Waals surface area contributed by atoms with Crippen LogP contribution >= 0.6 is 0 Å². The van der Waals surface area contributed by atoms with Gasteiger partial charge in [0, 0.05) is 18.7 Å². The van der Waals surface area contributed by atoms with E-state index in [4.69, 9.17) is 4.74 Å². The topological polar surface area (TPSA) is 97.6 Å². The summed E-state index contributed by atoms with van der Waals surface area (Å²) >= 11 is 0. The number of amides is 1. The molecule has 1 amide bonds. The molecule has 0 radical (unpaired) electrons. The van der Waals surface area contributed by atoms with Gasteiger partial charge in [-0.1, -0.05) is 6.07 Å². The smallest absolute Gasteiger partial charge is 0.266 e. The number of pyridine rings is 1. The van der Waals surface area contributed by atoms with E-state index in [0.29, 0.717) is 29.4 Å². The number of rotatable bonds is 4. The molecule has 3 heterocycles. The van der Waals surface area contributed by atoms with E-state index in [1.54, 1.807) is 31.3 Å². The lowest BCUT2D eigenvalue weighted by atomic mass is 10.1. The molecule has 3 aromatic rings. The Kier molecular flexibility index (Phi) is 4.08. The van der Waals surface area contributed by atoms with Crippen molar-refractivity contribution in [3.63, 3.8) is 0 Å². The minimum atomic E-state index is -0.235. The molecular weight excluding hydrogens is 348 g/mol. The molecule has 8 heteroatoms. The number of aryl methyl sites for hydroxylation is 1. The summed E-state index contributed by atoms with van der Waals surface area (Å²) in [6.07, 6.45) is 1.35. The number of aromatic hydroxyl groups is 1. The quantitative estimate of drug-likeness (QED) is 0.756. The lowest BCUT2D eigenvalue weighted by molar-refractivity contribution is 0.0995. The second kappa shape index (κ2) is 6.56. The number of fused-ring (bicyclic) bond motifs is 1. The molecule has 1 N–H and O–H groups in total. The van der Waals surface area contributed by atoms with Crippen molar-refractivity contribution in [2.45, 2.75) is 13.2 Å². The Morgan fingerprint density at radius 1 is 1.15 bits per heavy atom. The summed E-state index contributed by atoms with van der Waals surface area (Å²) in [6, 6.07) is 11.5. The van der Waals surface area contributed by atoms with Crippen molar-refractivity contribution in [2.75, 3.05) is 4.90 Å². The Hall–Kier alpha value is -3.68. The standard InChI is InChI=1S/C19H16N4O4/c1-22-18(25)7-6-17(21-22)23-10-12-2-5-15(8-16(12)19(23)26)27-11-13-3-4-14(24)9-20-13/h2-9,24H,10-11H2,1H3. The van der Waals surface area contributed by atoms with Crippen molar-refractivity contribution in [3.8, 4) is 11.5 Å². The maximum absolute atomic E-state index is 12.8. The second-order valence-electron chi connectivity index (χ2n) is 6.16. The first-order valence-corrected chi connectivity index (χ1v) is 8.27. The number of aromatic nitrogens is 3. The van der Waals surface area contributed by atoms with Gasteiger partial charge in [0.25, 0.3) is 11.5 Å². The van der Waals surface area contributed by atoms with Gasteiger partial charge in [-0.3, -0.25) is 19.5 Å². The lowest BCUT2D eigenvalue weighted by Crippen LogP contribution is -2.28. The number of hydrogen-bond donors (Lipinski definition) is 1. The first-order valence-electron chi connectivity index (χ1n) is 8.27. The van der Waals surface area contributed by atoms with E-state index in [1.165, 1.54) is 27.9 Å². The molecule has 27 heavy (non-hydrogen) atoms. The highest BCUT2D eigenvalue weighted by molar-refractivity contribution is 6.09. The normalized spacial score (nSPS) is 12.9. The van der Waals surface area contributed by atoms with Crippen LogP contribution in [0.25, 0.3) is 0 Å². The van der Waals surface area contributed by atoms with Crippen LogP contribution in [0.15, 0.2) is 53.5 Å². The number of hydrogen-bond acceptors (Lipinski definition) is 6. The Labute approximate surface area is 154 Å². The van der Waals surface area contributed by atoms with E-state index in [-0.39, 0.29) is 23.8 Å². The van der Waals surface area contributed by atoms with Gasteiger partial charge in [0.15, 0.2) is 5.82 Å². The van der Waals surface area contributed by atoms with Crippen molar-refractivity contribution in [2.24, 2.45) is 7.05 Å². The van der Waals surface area contributed by atoms with Crippen LogP contribution in [0.1, 0.15) is 21.6 Å². The third kappa shape index (κ3) is 3.24. The molecule has 0 fully saturated rings. The van der Waals surface area contributed by atoms with Crippen LogP contribution in [-0.4, -0.2) is 25.8 Å². The summed E-state index contributed by atoms with van der Waals surface area (Å²) in [6.45, 7) is 0.610. The fourth-order valence-electron chi connectivity index (χ4n) is 2.85. The van der Waals surface area contributed by atoms with Crippen molar-refractivity contribution < 1.29 is 14.6 Å². The number of anilines is 1. The maximum atomic E-state index is 12.8. The van der Waals surface area contributed by atoms with E-state index in [9.17, 15) is 14.7 Å². The summed E-state index contributed by atoms with van der Waals surface area (Å²) < 4.78 is 6.90. The molecule has 4 rings (SSSR count). The van der Waals surface area contributed by atoms with Crippen LogP contribution in [0.3, 0.4) is 0 Å². The molecule has 0 bridgehead atoms. The predicted octanol–water partition coefficient (Wildman–Crippen LogP) is 1.62. The molecular formula is C19H16N4O4. The Morgan fingerprint density at radius 2 is 2.00 bits per heavy atom. The van der Waals surface area contributed by atoms with Crippen molar-refractivity contribution in [1.29, 1.82) is 0 Å². The third-order valence-corrected chi connectivity index (χ3v) is 4.30. The molecule has 0 spiro atoms. The molecule has 0 saturated carbocycles. The third-order valence-electron chi connectivity index (χ3n) is 4.30. The van der Waals surface area contributed by atoms with E-state index >= 15 is 0 Å². The number of benzene rings is 1. The van der Waals surface area contributed by atoms with Gasteiger partial charge in [-0.15, -0.1) is 0 Å². The van der Waals surface area contributed by atoms with Gasteiger partial charge in [0.05, 0.1) is 18.4 Å². The molecule has 136 valence electrons. The highest BCUT2D eigenvalue weighted by atomic mass is 16.5. The molecule has 2 aromatic heterocycles. The minimum absolute atomic E-state index is 0.0917. The van der Waals surface area contributed by atoms with Crippen LogP contribution in [-0.2, 0) is 20.2 Å². The van der Waals surface area contributed by atoms with Crippen LogP contribution in [0.2, 0.25) is 0 Å². The van der Waals surface area contributed by atoms with Gasteiger partial charge in [-0.05, 0) is 35.9 Å². The summed E-state index contributed by atoms with van der Waals surface area (Å²) in [5, 5.41) is 13.4. The molecule has 0 saturated heterocycles. The lowest BCUT2D eigenvalue weighted by Gasteiger charge is -2.14. The minimum Gasteiger partial charge on any atom is -0.506 e. The van der Waals surface area contributed by atoms with E-state index in [0.717, 1.165) is 5.56 Å². The zero-order chi connectivity index (χ0) is 19.0. The SMILES string of the molecule is Cn1nc(N2Cc3ccc(OCc4ccc(O)cn4)cc3C2=O)ccc1=O. The average Bonchev–Trinajstić information content (AvgIpc) is 3.00. The fraction of sp³-hybridized carbons (Fsp3) is 0.158. The highest BCUT2D eigenvalue weighted by Crippen LogP contribution is 2.29. The van der Waals surface area contributed by atoms with E-state index in [2.05, 4.69) is 10.1 Å². The summed E-state index contributed by atoms with van der Waals surface area (Å²) in [7, 11) is 1.54. The average molecular weight is 364 g/mol. The summed E-state index contributed by atoms with van der Waals surface area (Å²) in [5.41, 5.74) is 1.84.